The third-order valence-electron chi connectivity index (χ3n) is 4.83. The van der Waals surface area contributed by atoms with Crippen LogP contribution in [0.5, 0.6) is 0 Å². The molecule has 0 saturated carbocycles. The van der Waals surface area contributed by atoms with Gasteiger partial charge in [-0.3, -0.25) is 9.59 Å². The Morgan fingerprint density at radius 3 is 3.00 bits per heavy atom. The largest absolute Gasteiger partial charge is 0.456 e. The summed E-state index contributed by atoms with van der Waals surface area (Å²) in [4.78, 5) is 34.1. The summed E-state index contributed by atoms with van der Waals surface area (Å²) in [6, 6.07) is 10.6. The van der Waals surface area contributed by atoms with Crippen LogP contribution in [0.15, 0.2) is 45.6 Å². The van der Waals surface area contributed by atoms with Gasteiger partial charge in [0.1, 0.15) is 11.6 Å². The van der Waals surface area contributed by atoms with Crippen LogP contribution >= 0.6 is 0 Å². The van der Waals surface area contributed by atoms with Crippen molar-refractivity contribution in [3.05, 3.63) is 64.0 Å². The Morgan fingerprint density at radius 1 is 1.35 bits per heavy atom. The predicted molar refractivity (Wildman–Crippen MR) is 98.1 cm³/mol. The van der Waals surface area contributed by atoms with Gasteiger partial charge in [-0.05, 0) is 37.8 Å². The molecule has 6 nitrogen and oxygen atoms in total. The van der Waals surface area contributed by atoms with E-state index in [1.807, 2.05) is 24.3 Å². The molecule has 134 valence electrons. The van der Waals surface area contributed by atoms with Crippen molar-refractivity contribution < 1.29 is 9.21 Å². The lowest BCUT2D eigenvalue weighted by molar-refractivity contribution is 0.0635. The van der Waals surface area contributed by atoms with Crippen LogP contribution in [0.4, 0.5) is 0 Å². The molecule has 0 radical (unpaired) electrons. The lowest BCUT2D eigenvalue weighted by atomic mass is 9.94. The molecule has 1 aliphatic rings. The van der Waals surface area contributed by atoms with Gasteiger partial charge in [0.2, 0.25) is 0 Å². The second-order valence-electron chi connectivity index (χ2n) is 6.93. The fourth-order valence-electron chi connectivity index (χ4n) is 3.66. The van der Waals surface area contributed by atoms with E-state index in [-0.39, 0.29) is 17.1 Å². The van der Waals surface area contributed by atoms with Crippen molar-refractivity contribution >= 4 is 16.9 Å². The van der Waals surface area contributed by atoms with Crippen LogP contribution < -0.4 is 5.43 Å². The number of aromatic nitrogens is 2. The molecule has 6 heteroatoms. The van der Waals surface area contributed by atoms with Crippen LogP contribution in [0.1, 0.15) is 35.0 Å². The van der Waals surface area contributed by atoms with E-state index in [4.69, 9.17) is 4.42 Å². The quantitative estimate of drug-likeness (QED) is 0.787. The Labute approximate surface area is 150 Å². The zero-order valence-electron chi connectivity index (χ0n) is 14.7. The lowest BCUT2D eigenvalue weighted by Crippen LogP contribution is -2.40. The van der Waals surface area contributed by atoms with E-state index >= 15 is 0 Å². The van der Waals surface area contributed by atoms with Crippen molar-refractivity contribution in [2.24, 2.45) is 5.92 Å². The standard InChI is InChI=1S/C20H21N3O3/c1-13-9-15(24)11-18(26-13)20(25)23-8-4-5-14(12-23)10-19-21-16-6-2-3-7-17(16)22-19/h2-3,6-7,9,11,14H,4-5,8,10,12H2,1H3,(H,21,22). The molecule has 1 aromatic carbocycles. The highest BCUT2D eigenvalue weighted by molar-refractivity contribution is 5.91. The molecule has 0 bridgehead atoms. The van der Waals surface area contributed by atoms with Crippen molar-refractivity contribution in [1.82, 2.24) is 14.9 Å². The Morgan fingerprint density at radius 2 is 2.19 bits per heavy atom. The third kappa shape index (κ3) is 3.40. The van der Waals surface area contributed by atoms with E-state index in [2.05, 4.69) is 9.97 Å². The van der Waals surface area contributed by atoms with Crippen molar-refractivity contribution in [3.8, 4) is 0 Å². The molecule has 2 aromatic heterocycles. The first-order chi connectivity index (χ1) is 12.6. The number of nitrogens with zero attached hydrogens (tertiary/aromatic N) is 2. The first-order valence-corrected chi connectivity index (χ1v) is 8.93. The topological polar surface area (TPSA) is 79.2 Å². The fourth-order valence-corrected chi connectivity index (χ4v) is 3.66. The number of piperidine rings is 1. The van der Waals surface area contributed by atoms with Gasteiger partial charge in [0.05, 0.1) is 11.0 Å². The van der Waals surface area contributed by atoms with Crippen LogP contribution in [0.2, 0.25) is 0 Å². The Balaban J connectivity index is 1.48. The number of imidazole rings is 1. The number of aromatic amines is 1. The molecule has 0 spiro atoms. The minimum absolute atomic E-state index is 0.124. The second-order valence-corrected chi connectivity index (χ2v) is 6.93. The van der Waals surface area contributed by atoms with Gasteiger partial charge in [0, 0.05) is 31.6 Å². The number of benzene rings is 1. The van der Waals surface area contributed by atoms with Crippen molar-refractivity contribution in [1.29, 1.82) is 0 Å². The number of hydrogen-bond acceptors (Lipinski definition) is 4. The first kappa shape index (κ1) is 16.6. The highest BCUT2D eigenvalue weighted by Gasteiger charge is 2.27. The molecule has 1 N–H and O–H groups in total. The maximum Gasteiger partial charge on any atom is 0.289 e. The second kappa shape index (κ2) is 6.78. The Kier molecular flexibility index (Phi) is 4.32. The van der Waals surface area contributed by atoms with Crippen molar-refractivity contribution in [2.75, 3.05) is 13.1 Å². The zero-order chi connectivity index (χ0) is 18.1. The van der Waals surface area contributed by atoms with Gasteiger partial charge in [0.15, 0.2) is 11.2 Å². The van der Waals surface area contributed by atoms with Crippen LogP contribution in [0.25, 0.3) is 11.0 Å². The van der Waals surface area contributed by atoms with E-state index < -0.39 is 0 Å². The minimum atomic E-state index is -0.208. The molecule has 1 saturated heterocycles. The molecular weight excluding hydrogens is 330 g/mol. The summed E-state index contributed by atoms with van der Waals surface area (Å²) in [6.07, 6.45) is 2.79. The third-order valence-corrected chi connectivity index (χ3v) is 4.83. The van der Waals surface area contributed by atoms with Crippen LogP contribution in [0.3, 0.4) is 0 Å². The van der Waals surface area contributed by atoms with Crippen molar-refractivity contribution in [2.45, 2.75) is 26.2 Å². The highest BCUT2D eigenvalue weighted by atomic mass is 16.3. The minimum Gasteiger partial charge on any atom is -0.456 e. The van der Waals surface area contributed by atoms with Crippen LogP contribution in [-0.2, 0) is 6.42 Å². The number of nitrogens with one attached hydrogen (secondary N) is 1. The SMILES string of the molecule is Cc1cc(=O)cc(C(=O)N2CCCC(Cc3nc4ccccc4[nH]3)C2)o1. The predicted octanol–water partition coefficient (Wildman–Crippen LogP) is 2.92. The van der Waals surface area contributed by atoms with E-state index in [1.165, 1.54) is 12.1 Å². The van der Waals surface area contributed by atoms with Crippen LogP contribution in [0, 0.1) is 12.8 Å². The normalized spacial score (nSPS) is 17.6. The average molecular weight is 351 g/mol. The Hall–Kier alpha value is -2.89. The van der Waals surface area contributed by atoms with E-state index in [1.54, 1.807) is 11.8 Å². The van der Waals surface area contributed by atoms with Gasteiger partial charge >= 0.3 is 0 Å². The van der Waals surface area contributed by atoms with Gasteiger partial charge < -0.3 is 14.3 Å². The number of para-hydroxylation sites is 2. The van der Waals surface area contributed by atoms with Gasteiger partial charge in [-0.2, -0.15) is 0 Å². The van der Waals surface area contributed by atoms with Gasteiger partial charge in [-0.15, -0.1) is 0 Å². The van der Waals surface area contributed by atoms with Gasteiger partial charge in [-0.1, -0.05) is 12.1 Å². The number of likely N-dealkylation sites (tertiary alicyclic amines) is 1. The fraction of sp³-hybridized carbons (Fsp3) is 0.350. The summed E-state index contributed by atoms with van der Waals surface area (Å²) in [7, 11) is 0. The first-order valence-electron chi connectivity index (χ1n) is 8.93. The molecule has 3 aromatic rings. The van der Waals surface area contributed by atoms with E-state index in [0.29, 0.717) is 24.8 Å². The number of carbonyl (C=O) groups is 1. The van der Waals surface area contributed by atoms with E-state index in [9.17, 15) is 9.59 Å². The summed E-state index contributed by atoms with van der Waals surface area (Å²) in [5.41, 5.74) is 1.80. The number of hydrogen-bond donors (Lipinski definition) is 1. The molecule has 1 aliphatic heterocycles. The summed E-state index contributed by atoms with van der Waals surface area (Å²) in [5.74, 6) is 1.66. The number of amides is 1. The molecule has 0 aliphatic carbocycles. The van der Waals surface area contributed by atoms with Crippen LogP contribution in [-0.4, -0.2) is 33.9 Å². The van der Waals surface area contributed by atoms with Gasteiger partial charge in [-0.25, -0.2) is 4.98 Å². The molecule has 1 atom stereocenters. The molecular formula is C20H21N3O3. The highest BCUT2D eigenvalue weighted by Crippen LogP contribution is 2.22. The molecule has 26 heavy (non-hydrogen) atoms. The average Bonchev–Trinajstić information content (AvgIpc) is 3.02. The van der Waals surface area contributed by atoms with E-state index in [0.717, 1.165) is 36.1 Å². The summed E-state index contributed by atoms with van der Waals surface area (Å²) < 4.78 is 5.46. The molecule has 3 heterocycles. The Bertz CT molecular complexity index is 972. The smallest absolute Gasteiger partial charge is 0.289 e. The van der Waals surface area contributed by atoms with Gasteiger partial charge in [0.25, 0.3) is 5.91 Å². The summed E-state index contributed by atoms with van der Waals surface area (Å²) in [6.45, 7) is 3.01. The number of aryl methyl sites for hydroxylation is 1. The maximum absolute atomic E-state index is 12.7. The number of rotatable bonds is 3. The lowest BCUT2D eigenvalue weighted by Gasteiger charge is -2.32. The van der Waals surface area contributed by atoms with Crippen molar-refractivity contribution in [3.63, 3.8) is 0 Å². The number of carbonyl (C=O) groups excluding carboxylic acids is 1. The molecule has 1 unspecified atom stereocenters. The summed E-state index contributed by atoms with van der Waals surface area (Å²) >= 11 is 0. The molecule has 4 rings (SSSR count). The monoisotopic (exact) mass is 351 g/mol. The number of fused-ring (bicyclic) bond motifs is 1. The number of H-pyrrole nitrogens is 1. The molecule has 1 amide bonds. The summed E-state index contributed by atoms with van der Waals surface area (Å²) in [5, 5.41) is 0. The maximum atomic E-state index is 12.7. The molecule has 1 fully saturated rings. The zero-order valence-corrected chi connectivity index (χ0v) is 14.7.